The summed E-state index contributed by atoms with van der Waals surface area (Å²) in [4.78, 5) is 9.07. The molecule has 2 rings (SSSR count). The molecule has 1 saturated heterocycles. The minimum atomic E-state index is 0.144. The van der Waals surface area contributed by atoms with E-state index in [9.17, 15) is 0 Å². The minimum absolute atomic E-state index is 0.144. The molecule has 5 nitrogen and oxygen atoms in total. The molecular weight excluding hydrogens is 310 g/mol. The van der Waals surface area contributed by atoms with E-state index in [1.54, 1.807) is 0 Å². The largest absolute Gasteiger partial charge is 0.378 e. The van der Waals surface area contributed by atoms with Crippen molar-refractivity contribution in [3.05, 3.63) is 29.8 Å². The molecule has 1 aromatic carbocycles. The van der Waals surface area contributed by atoms with Crippen LogP contribution >= 0.6 is 0 Å². The van der Waals surface area contributed by atoms with E-state index in [4.69, 9.17) is 0 Å². The molecule has 0 radical (unpaired) electrons. The first-order valence-corrected chi connectivity index (χ1v) is 9.38. The Kier molecular flexibility index (Phi) is 7.12. The highest BCUT2D eigenvalue weighted by Crippen LogP contribution is 2.19. The van der Waals surface area contributed by atoms with Gasteiger partial charge in [-0.3, -0.25) is 9.89 Å². The van der Waals surface area contributed by atoms with Crippen LogP contribution in [0.5, 0.6) is 0 Å². The molecule has 0 spiro atoms. The number of nitrogens with one attached hydrogen (secondary N) is 2. The molecule has 140 valence electrons. The summed E-state index contributed by atoms with van der Waals surface area (Å²) in [6.07, 6.45) is 4.01. The van der Waals surface area contributed by atoms with Crippen LogP contribution in [0.25, 0.3) is 0 Å². The molecular formula is C20H35N5. The SMILES string of the molecule is CN=C(NCc1ccc(N(C)C)cc1)NCC(C)(C)N1CCCCC1. The van der Waals surface area contributed by atoms with Crippen molar-refractivity contribution in [1.29, 1.82) is 0 Å². The summed E-state index contributed by atoms with van der Waals surface area (Å²) >= 11 is 0. The number of aliphatic imine (C=N–C) groups is 1. The van der Waals surface area contributed by atoms with E-state index in [-0.39, 0.29) is 5.54 Å². The normalized spacial score (nSPS) is 16.6. The maximum Gasteiger partial charge on any atom is 0.191 e. The van der Waals surface area contributed by atoms with E-state index in [0.717, 1.165) is 19.0 Å². The van der Waals surface area contributed by atoms with Crippen LogP contribution in [0.4, 0.5) is 5.69 Å². The van der Waals surface area contributed by atoms with Crippen molar-refractivity contribution in [2.75, 3.05) is 45.7 Å². The van der Waals surface area contributed by atoms with Crippen molar-refractivity contribution >= 4 is 11.6 Å². The number of nitrogens with zero attached hydrogens (tertiary/aromatic N) is 3. The van der Waals surface area contributed by atoms with Crippen LogP contribution in [0.1, 0.15) is 38.7 Å². The van der Waals surface area contributed by atoms with Crippen LogP contribution in [0.15, 0.2) is 29.3 Å². The highest BCUT2D eigenvalue weighted by Gasteiger charge is 2.27. The molecule has 0 amide bonds. The van der Waals surface area contributed by atoms with Gasteiger partial charge < -0.3 is 15.5 Å². The van der Waals surface area contributed by atoms with E-state index in [1.165, 1.54) is 43.6 Å². The Hall–Kier alpha value is -1.75. The van der Waals surface area contributed by atoms with Crippen LogP contribution in [-0.2, 0) is 6.54 Å². The van der Waals surface area contributed by atoms with E-state index >= 15 is 0 Å². The number of anilines is 1. The molecule has 1 heterocycles. The van der Waals surface area contributed by atoms with Crippen molar-refractivity contribution in [3.63, 3.8) is 0 Å². The summed E-state index contributed by atoms with van der Waals surface area (Å²) in [5.74, 6) is 0.863. The summed E-state index contributed by atoms with van der Waals surface area (Å²) in [7, 11) is 5.95. The van der Waals surface area contributed by atoms with E-state index in [1.807, 2.05) is 7.05 Å². The zero-order valence-electron chi connectivity index (χ0n) is 16.6. The van der Waals surface area contributed by atoms with Gasteiger partial charge in [-0.1, -0.05) is 18.6 Å². The van der Waals surface area contributed by atoms with Gasteiger partial charge in [-0.05, 0) is 57.5 Å². The van der Waals surface area contributed by atoms with Gasteiger partial charge in [-0.25, -0.2) is 0 Å². The Labute approximate surface area is 153 Å². The van der Waals surface area contributed by atoms with Gasteiger partial charge in [-0.15, -0.1) is 0 Å². The minimum Gasteiger partial charge on any atom is -0.378 e. The molecule has 1 aromatic rings. The molecule has 0 unspecified atom stereocenters. The van der Waals surface area contributed by atoms with E-state index in [2.05, 4.69) is 77.6 Å². The van der Waals surface area contributed by atoms with Crippen LogP contribution in [0, 0.1) is 0 Å². The highest BCUT2D eigenvalue weighted by molar-refractivity contribution is 5.79. The van der Waals surface area contributed by atoms with Gasteiger partial charge in [0.05, 0.1) is 0 Å². The second-order valence-corrected chi connectivity index (χ2v) is 7.70. The quantitative estimate of drug-likeness (QED) is 0.614. The van der Waals surface area contributed by atoms with E-state index < -0.39 is 0 Å². The molecule has 0 saturated carbocycles. The van der Waals surface area contributed by atoms with Crippen LogP contribution < -0.4 is 15.5 Å². The zero-order valence-corrected chi connectivity index (χ0v) is 16.6. The lowest BCUT2D eigenvalue weighted by atomic mass is 9.98. The standard InChI is InChI=1S/C20H35N5/c1-20(2,25-13-7-6-8-14-25)16-23-19(21-3)22-15-17-9-11-18(12-10-17)24(4)5/h9-12H,6-8,13-16H2,1-5H3,(H2,21,22,23). The maximum atomic E-state index is 4.36. The summed E-state index contributed by atoms with van der Waals surface area (Å²) in [6.45, 7) is 8.72. The van der Waals surface area contributed by atoms with Gasteiger partial charge >= 0.3 is 0 Å². The lowest BCUT2D eigenvalue weighted by Crippen LogP contribution is -2.54. The molecule has 1 aliphatic heterocycles. The Morgan fingerprint density at radius 1 is 1.08 bits per heavy atom. The molecule has 2 N–H and O–H groups in total. The van der Waals surface area contributed by atoms with Crippen molar-refractivity contribution in [3.8, 4) is 0 Å². The molecule has 0 aliphatic carbocycles. The number of benzene rings is 1. The Bertz CT molecular complexity index is 542. The van der Waals surface area contributed by atoms with Gasteiger partial charge in [0.1, 0.15) is 0 Å². The molecule has 25 heavy (non-hydrogen) atoms. The van der Waals surface area contributed by atoms with Gasteiger partial charge in [0.15, 0.2) is 5.96 Å². The third kappa shape index (κ3) is 5.92. The first kappa shape index (κ1) is 19.6. The third-order valence-corrected chi connectivity index (χ3v) is 5.04. The van der Waals surface area contributed by atoms with Gasteiger partial charge in [0, 0.05) is 45.5 Å². The fraction of sp³-hybridized carbons (Fsp3) is 0.650. The Balaban J connectivity index is 1.81. The molecule has 5 heteroatoms. The molecule has 1 aliphatic rings. The second-order valence-electron chi connectivity index (χ2n) is 7.70. The van der Waals surface area contributed by atoms with Gasteiger partial charge in [0.2, 0.25) is 0 Å². The van der Waals surface area contributed by atoms with Gasteiger partial charge in [0.25, 0.3) is 0 Å². The van der Waals surface area contributed by atoms with Crippen molar-refractivity contribution in [1.82, 2.24) is 15.5 Å². The number of guanidine groups is 1. The number of likely N-dealkylation sites (tertiary alicyclic amines) is 1. The lowest BCUT2D eigenvalue weighted by Gasteiger charge is -2.41. The number of hydrogen-bond donors (Lipinski definition) is 2. The van der Waals surface area contributed by atoms with Crippen LogP contribution in [-0.4, -0.2) is 57.2 Å². The smallest absolute Gasteiger partial charge is 0.191 e. The topological polar surface area (TPSA) is 42.9 Å². The monoisotopic (exact) mass is 345 g/mol. The number of rotatable bonds is 6. The first-order valence-electron chi connectivity index (χ1n) is 9.38. The predicted octanol–water partition coefficient (Wildman–Crippen LogP) is 2.68. The number of hydrogen-bond acceptors (Lipinski definition) is 3. The predicted molar refractivity (Wildman–Crippen MR) is 108 cm³/mol. The summed E-state index contributed by atoms with van der Waals surface area (Å²) < 4.78 is 0. The average Bonchev–Trinajstić information content (AvgIpc) is 2.63. The third-order valence-electron chi connectivity index (χ3n) is 5.04. The fourth-order valence-corrected chi connectivity index (χ4v) is 3.23. The Morgan fingerprint density at radius 2 is 1.72 bits per heavy atom. The Morgan fingerprint density at radius 3 is 2.28 bits per heavy atom. The van der Waals surface area contributed by atoms with Crippen molar-refractivity contribution in [2.24, 2.45) is 4.99 Å². The van der Waals surface area contributed by atoms with Gasteiger partial charge in [-0.2, -0.15) is 0 Å². The maximum absolute atomic E-state index is 4.36. The van der Waals surface area contributed by atoms with Crippen molar-refractivity contribution < 1.29 is 0 Å². The van der Waals surface area contributed by atoms with Crippen LogP contribution in [0.3, 0.4) is 0 Å². The van der Waals surface area contributed by atoms with Crippen LogP contribution in [0.2, 0.25) is 0 Å². The summed E-state index contributed by atoms with van der Waals surface area (Å²) in [5, 5.41) is 6.91. The number of piperidine rings is 1. The molecule has 0 aromatic heterocycles. The average molecular weight is 346 g/mol. The molecule has 1 fully saturated rings. The summed E-state index contributed by atoms with van der Waals surface area (Å²) in [5.41, 5.74) is 2.61. The lowest BCUT2D eigenvalue weighted by molar-refractivity contribution is 0.0982. The highest BCUT2D eigenvalue weighted by atomic mass is 15.2. The van der Waals surface area contributed by atoms with E-state index in [0.29, 0.717) is 0 Å². The zero-order chi connectivity index (χ0) is 18.3. The summed E-state index contributed by atoms with van der Waals surface area (Å²) in [6, 6.07) is 8.61. The first-order chi connectivity index (χ1) is 11.9. The molecule has 0 bridgehead atoms. The molecule has 0 atom stereocenters. The second kappa shape index (κ2) is 9.09. The fourth-order valence-electron chi connectivity index (χ4n) is 3.23. The van der Waals surface area contributed by atoms with Crippen molar-refractivity contribution in [2.45, 2.75) is 45.2 Å².